The van der Waals surface area contributed by atoms with E-state index >= 15 is 0 Å². The van der Waals surface area contributed by atoms with E-state index in [9.17, 15) is 19.3 Å². The topological polar surface area (TPSA) is 132 Å². The Bertz CT molecular complexity index is 728. The summed E-state index contributed by atoms with van der Waals surface area (Å²) < 4.78 is 13.5. The lowest BCUT2D eigenvalue weighted by atomic mass is 10.0. The summed E-state index contributed by atoms with van der Waals surface area (Å²) in [5.74, 6) is -1.07. The molecule has 0 spiro atoms. The van der Waals surface area contributed by atoms with Gasteiger partial charge in [0.1, 0.15) is 5.82 Å². The number of aryl methyl sites for hydroxylation is 1. The summed E-state index contributed by atoms with van der Waals surface area (Å²) in [5.41, 5.74) is 1.45. The Morgan fingerprint density at radius 1 is 1.41 bits per heavy atom. The van der Waals surface area contributed by atoms with Crippen molar-refractivity contribution < 1.29 is 14.2 Å². The van der Waals surface area contributed by atoms with Crippen LogP contribution in [0.15, 0.2) is 18.2 Å². The van der Waals surface area contributed by atoms with Gasteiger partial charge < -0.3 is 10.6 Å². The summed E-state index contributed by atoms with van der Waals surface area (Å²) in [5, 5.41) is 26.0. The third-order valence-corrected chi connectivity index (χ3v) is 4.19. The Labute approximate surface area is 170 Å². The zero-order valence-electron chi connectivity index (χ0n) is 17.3. The summed E-state index contributed by atoms with van der Waals surface area (Å²) in [4.78, 5) is 23.6. The predicted octanol–water partition coefficient (Wildman–Crippen LogP) is 2.35. The van der Waals surface area contributed by atoms with Gasteiger partial charge in [0.15, 0.2) is 10.7 Å². The number of rotatable bonds is 11. The van der Waals surface area contributed by atoms with Crippen LogP contribution in [-0.4, -0.2) is 22.6 Å². The Hall–Kier alpha value is -2.75. The van der Waals surface area contributed by atoms with Gasteiger partial charge in [-0.1, -0.05) is 44.8 Å². The number of carbonyl (C=O) groups excluding carboxylic acids is 1. The van der Waals surface area contributed by atoms with E-state index in [1.165, 1.54) is 6.07 Å². The van der Waals surface area contributed by atoms with E-state index in [1.807, 2.05) is 20.8 Å². The van der Waals surface area contributed by atoms with E-state index in [-0.39, 0.29) is 18.8 Å². The molecule has 5 N–H and O–H groups in total. The van der Waals surface area contributed by atoms with Gasteiger partial charge in [0.05, 0.1) is 0 Å². The van der Waals surface area contributed by atoms with Crippen LogP contribution >= 0.6 is 0 Å². The molecular formula is C19H30FN6O3. The molecule has 0 saturated carbocycles. The standard InChI is InChI=1S/C19H30FN6O3/c1-5-9-19(24-18(21)25-26(28)29,17(27)22-10-8-13(2)3)23-12-15-6-7-16(20)14(4)11-15/h6-7,10-11,13,23H,5,8-9,12H2,1-4H3,(H,22,27)(H3,21,24,25)/t19-/m0/s1. The number of nitrogens with one attached hydrogen (secondary N) is 5. The number of hydrogen-bond acceptors (Lipinski definition) is 5. The van der Waals surface area contributed by atoms with Crippen molar-refractivity contribution in [2.75, 3.05) is 0 Å². The molecule has 1 rings (SSSR count). The molecule has 10 heteroatoms. The van der Waals surface area contributed by atoms with Crippen LogP contribution < -0.4 is 21.4 Å². The van der Waals surface area contributed by atoms with Gasteiger partial charge in [0.2, 0.25) is 0 Å². The molecule has 0 aliphatic heterocycles. The van der Waals surface area contributed by atoms with Gasteiger partial charge >= 0.3 is 0 Å². The van der Waals surface area contributed by atoms with Crippen LogP contribution in [0.3, 0.4) is 0 Å². The molecule has 0 fully saturated rings. The van der Waals surface area contributed by atoms with Crippen LogP contribution in [0.4, 0.5) is 4.39 Å². The monoisotopic (exact) mass is 409 g/mol. The van der Waals surface area contributed by atoms with Gasteiger partial charge in [-0.05, 0) is 42.9 Å². The molecule has 29 heavy (non-hydrogen) atoms. The molecule has 0 aromatic heterocycles. The van der Waals surface area contributed by atoms with Gasteiger partial charge in [-0.15, -0.1) is 0 Å². The maximum Gasteiger partial charge on any atom is 0.261 e. The first kappa shape index (κ1) is 24.3. The molecule has 0 aliphatic carbocycles. The number of guanidine groups is 1. The van der Waals surface area contributed by atoms with E-state index in [4.69, 9.17) is 5.41 Å². The first-order valence-electron chi connectivity index (χ1n) is 9.50. The lowest BCUT2D eigenvalue weighted by Gasteiger charge is -2.34. The van der Waals surface area contributed by atoms with Gasteiger partial charge in [0, 0.05) is 13.1 Å². The highest BCUT2D eigenvalue weighted by Crippen LogP contribution is 2.15. The molecule has 0 aliphatic rings. The average molecular weight is 409 g/mol. The Morgan fingerprint density at radius 3 is 2.66 bits per heavy atom. The minimum absolute atomic E-state index is 0.192. The molecule has 9 nitrogen and oxygen atoms in total. The van der Waals surface area contributed by atoms with E-state index in [1.54, 1.807) is 31.0 Å². The number of benzene rings is 1. The molecule has 1 aromatic rings. The maximum absolute atomic E-state index is 13.5. The lowest BCUT2D eigenvalue weighted by molar-refractivity contribution is -0.526. The van der Waals surface area contributed by atoms with Gasteiger partial charge in [-0.25, -0.2) is 14.5 Å². The third kappa shape index (κ3) is 8.02. The number of amides is 1. The average Bonchev–Trinajstić information content (AvgIpc) is 2.61. The summed E-state index contributed by atoms with van der Waals surface area (Å²) in [7, 11) is 0. The second kappa shape index (κ2) is 11.3. The SMILES string of the molecule is CCC[C@](NCc1ccc(F)c(C)c1)(NC(=N)N[N+](=O)[O-])C(=O)N[CH]CC(C)C. The third-order valence-electron chi connectivity index (χ3n) is 4.19. The van der Waals surface area contributed by atoms with Crippen molar-refractivity contribution in [3.8, 4) is 0 Å². The van der Waals surface area contributed by atoms with Gasteiger partial charge in [0.25, 0.3) is 11.9 Å². The normalized spacial score (nSPS) is 12.9. The Kier molecular flexibility index (Phi) is 9.46. The zero-order chi connectivity index (χ0) is 22.0. The molecule has 0 heterocycles. The molecule has 1 atom stereocenters. The second-order valence-corrected chi connectivity index (χ2v) is 7.27. The first-order chi connectivity index (χ1) is 13.6. The van der Waals surface area contributed by atoms with Crippen molar-refractivity contribution in [2.45, 2.75) is 59.2 Å². The number of hydrogen-bond donors (Lipinski definition) is 5. The minimum Gasteiger partial charge on any atom is -0.348 e. The van der Waals surface area contributed by atoms with Crippen molar-refractivity contribution in [1.82, 2.24) is 21.4 Å². The van der Waals surface area contributed by atoms with Crippen molar-refractivity contribution in [3.63, 3.8) is 0 Å². The number of carbonyl (C=O) groups is 1. The molecule has 1 amide bonds. The fourth-order valence-electron chi connectivity index (χ4n) is 2.73. The lowest BCUT2D eigenvalue weighted by Crippen LogP contribution is -2.68. The number of halogens is 1. The van der Waals surface area contributed by atoms with Crippen LogP contribution in [0.25, 0.3) is 0 Å². The quantitative estimate of drug-likeness (QED) is 0.125. The zero-order valence-corrected chi connectivity index (χ0v) is 17.3. The van der Waals surface area contributed by atoms with Crippen LogP contribution in [-0.2, 0) is 11.3 Å². The fraction of sp³-hybridized carbons (Fsp3) is 0.526. The Balaban J connectivity index is 3.06. The smallest absolute Gasteiger partial charge is 0.261 e. The van der Waals surface area contributed by atoms with Gasteiger partial charge in [-0.3, -0.25) is 15.5 Å². The van der Waals surface area contributed by atoms with Crippen molar-refractivity contribution in [1.29, 1.82) is 5.41 Å². The molecular weight excluding hydrogens is 379 g/mol. The van der Waals surface area contributed by atoms with E-state index in [0.717, 1.165) is 5.56 Å². The number of nitrogens with zero attached hydrogens (tertiary/aromatic N) is 1. The molecule has 1 aromatic carbocycles. The molecule has 161 valence electrons. The van der Waals surface area contributed by atoms with Crippen LogP contribution in [0, 0.1) is 40.7 Å². The van der Waals surface area contributed by atoms with Crippen molar-refractivity contribution >= 4 is 11.9 Å². The van der Waals surface area contributed by atoms with Crippen molar-refractivity contribution in [3.05, 3.63) is 51.8 Å². The van der Waals surface area contributed by atoms with E-state index in [0.29, 0.717) is 24.3 Å². The molecule has 0 bridgehead atoms. The Morgan fingerprint density at radius 2 is 2.10 bits per heavy atom. The largest absolute Gasteiger partial charge is 0.348 e. The number of hydrazine groups is 1. The van der Waals surface area contributed by atoms with Crippen LogP contribution in [0.1, 0.15) is 51.2 Å². The predicted molar refractivity (Wildman–Crippen MR) is 109 cm³/mol. The highest BCUT2D eigenvalue weighted by molar-refractivity contribution is 5.91. The summed E-state index contributed by atoms with van der Waals surface area (Å²) in [6.45, 7) is 9.33. The number of nitro groups is 1. The summed E-state index contributed by atoms with van der Waals surface area (Å²) in [6, 6.07) is 4.59. The first-order valence-corrected chi connectivity index (χ1v) is 9.50. The van der Waals surface area contributed by atoms with E-state index < -0.39 is 22.6 Å². The van der Waals surface area contributed by atoms with E-state index in [2.05, 4.69) is 16.0 Å². The summed E-state index contributed by atoms with van der Waals surface area (Å²) in [6.07, 6.45) is 1.47. The van der Waals surface area contributed by atoms with Crippen LogP contribution in [0.5, 0.6) is 0 Å². The molecule has 0 saturated heterocycles. The molecule has 1 radical (unpaired) electrons. The molecule has 0 unspecified atom stereocenters. The van der Waals surface area contributed by atoms with Gasteiger partial charge in [-0.2, -0.15) is 0 Å². The minimum atomic E-state index is -1.47. The highest BCUT2D eigenvalue weighted by atomic mass is 19.1. The fourth-order valence-corrected chi connectivity index (χ4v) is 2.73. The van der Waals surface area contributed by atoms with Crippen molar-refractivity contribution in [2.24, 2.45) is 5.92 Å². The highest BCUT2D eigenvalue weighted by Gasteiger charge is 2.38. The van der Waals surface area contributed by atoms with Crippen LogP contribution in [0.2, 0.25) is 0 Å². The summed E-state index contributed by atoms with van der Waals surface area (Å²) >= 11 is 0. The maximum atomic E-state index is 13.5. The second-order valence-electron chi connectivity index (χ2n) is 7.27.